The van der Waals surface area contributed by atoms with E-state index in [1.807, 2.05) is 42.5 Å². The molecule has 4 heteroatoms. The number of anilines is 1. The Kier molecular flexibility index (Phi) is 4.70. The zero-order valence-corrected chi connectivity index (χ0v) is 14.8. The summed E-state index contributed by atoms with van der Waals surface area (Å²) >= 11 is 0. The lowest BCUT2D eigenvalue weighted by Crippen LogP contribution is -2.15. The van der Waals surface area contributed by atoms with Crippen LogP contribution < -0.4 is 5.32 Å². The number of hydrogen-bond acceptors (Lipinski definition) is 2. The first-order valence-corrected chi connectivity index (χ1v) is 8.60. The third-order valence-corrected chi connectivity index (χ3v) is 4.53. The fraction of sp³-hybridized carbons (Fsp3) is 0.238. The van der Waals surface area contributed by atoms with Crippen LogP contribution in [0.15, 0.2) is 48.7 Å². The highest BCUT2D eigenvalue weighted by molar-refractivity contribution is 6.14. The van der Waals surface area contributed by atoms with Gasteiger partial charge in [0.1, 0.15) is 0 Å². The molecule has 0 bridgehead atoms. The Hall–Kier alpha value is -2.88. The number of hydrogen-bond donors (Lipinski definition) is 1. The molecule has 0 fully saturated rings. The molecule has 0 aliphatic rings. The number of aromatic nitrogens is 1. The van der Waals surface area contributed by atoms with Gasteiger partial charge in [0.25, 0.3) is 5.91 Å². The number of carbonyl (C=O) groups excluding carboxylic acids is 2. The number of carbonyl (C=O) groups is 2. The van der Waals surface area contributed by atoms with E-state index in [9.17, 15) is 9.59 Å². The quantitative estimate of drug-likeness (QED) is 0.753. The average Bonchev–Trinajstić information content (AvgIpc) is 3.02. The predicted molar refractivity (Wildman–Crippen MR) is 101 cm³/mol. The Morgan fingerprint density at radius 3 is 2.20 bits per heavy atom. The van der Waals surface area contributed by atoms with Crippen LogP contribution in [0.2, 0.25) is 0 Å². The molecule has 0 atom stereocenters. The standard InChI is InChI=1S/C21H22N2O2/c1-4-15-9-8-10-16(5-2)20(15)22-21(25)18-13-23(14(3)24)19-12-7-6-11-17(18)19/h6-13H,4-5H2,1-3H3,(H,22,25). The molecule has 3 rings (SSSR count). The summed E-state index contributed by atoms with van der Waals surface area (Å²) in [6, 6.07) is 13.6. The first kappa shape index (κ1) is 17.0. The fourth-order valence-corrected chi connectivity index (χ4v) is 3.21. The Morgan fingerprint density at radius 2 is 1.60 bits per heavy atom. The second-order valence-electron chi connectivity index (χ2n) is 6.06. The van der Waals surface area contributed by atoms with Crippen molar-refractivity contribution in [3.05, 3.63) is 65.4 Å². The van der Waals surface area contributed by atoms with Crippen molar-refractivity contribution >= 4 is 28.4 Å². The molecule has 0 aliphatic carbocycles. The van der Waals surface area contributed by atoms with E-state index in [1.165, 1.54) is 11.5 Å². The van der Waals surface area contributed by atoms with Crippen LogP contribution in [0.3, 0.4) is 0 Å². The van der Waals surface area contributed by atoms with Gasteiger partial charge in [-0.15, -0.1) is 0 Å². The molecule has 4 nitrogen and oxygen atoms in total. The molecule has 2 aromatic carbocycles. The maximum Gasteiger partial charge on any atom is 0.257 e. The van der Waals surface area contributed by atoms with E-state index in [4.69, 9.17) is 0 Å². The van der Waals surface area contributed by atoms with Crippen molar-refractivity contribution in [1.82, 2.24) is 4.57 Å². The topological polar surface area (TPSA) is 51.1 Å². The van der Waals surface area contributed by atoms with Crippen molar-refractivity contribution in [2.75, 3.05) is 5.32 Å². The van der Waals surface area contributed by atoms with Crippen molar-refractivity contribution in [2.45, 2.75) is 33.6 Å². The Labute approximate surface area is 147 Å². The third-order valence-electron chi connectivity index (χ3n) is 4.53. The van der Waals surface area contributed by atoms with Crippen LogP contribution in [0.5, 0.6) is 0 Å². The molecule has 25 heavy (non-hydrogen) atoms. The third kappa shape index (κ3) is 3.07. The molecule has 0 aliphatic heterocycles. The molecule has 0 saturated carbocycles. The summed E-state index contributed by atoms with van der Waals surface area (Å²) in [4.78, 5) is 24.9. The van der Waals surface area contributed by atoms with Gasteiger partial charge in [-0.05, 0) is 30.0 Å². The van der Waals surface area contributed by atoms with E-state index in [-0.39, 0.29) is 11.8 Å². The van der Waals surface area contributed by atoms with E-state index in [0.29, 0.717) is 5.56 Å². The summed E-state index contributed by atoms with van der Waals surface area (Å²) in [6.07, 6.45) is 3.32. The van der Waals surface area contributed by atoms with Gasteiger partial charge < -0.3 is 5.32 Å². The van der Waals surface area contributed by atoms with Crippen LogP contribution in [0.25, 0.3) is 10.9 Å². The first-order chi connectivity index (χ1) is 12.1. The van der Waals surface area contributed by atoms with E-state index in [1.54, 1.807) is 6.20 Å². The summed E-state index contributed by atoms with van der Waals surface area (Å²) in [5, 5.41) is 3.86. The Balaban J connectivity index is 2.06. The number of aryl methyl sites for hydroxylation is 2. The number of benzene rings is 2. The van der Waals surface area contributed by atoms with E-state index >= 15 is 0 Å². The van der Waals surface area contributed by atoms with Crippen LogP contribution in [0.4, 0.5) is 5.69 Å². The van der Waals surface area contributed by atoms with Gasteiger partial charge in [0, 0.05) is 24.2 Å². The largest absolute Gasteiger partial charge is 0.321 e. The maximum atomic E-state index is 13.0. The second-order valence-corrected chi connectivity index (χ2v) is 6.06. The summed E-state index contributed by atoms with van der Waals surface area (Å²) < 4.78 is 1.52. The molecule has 3 aromatic rings. The van der Waals surface area contributed by atoms with Gasteiger partial charge in [-0.25, -0.2) is 0 Å². The maximum absolute atomic E-state index is 13.0. The molecule has 128 valence electrons. The fourth-order valence-electron chi connectivity index (χ4n) is 3.21. The Bertz CT molecular complexity index is 931. The van der Waals surface area contributed by atoms with Crippen molar-refractivity contribution in [3.8, 4) is 0 Å². The van der Waals surface area contributed by atoms with Gasteiger partial charge >= 0.3 is 0 Å². The lowest BCUT2D eigenvalue weighted by Gasteiger charge is -2.14. The summed E-state index contributed by atoms with van der Waals surface area (Å²) in [7, 11) is 0. The zero-order valence-electron chi connectivity index (χ0n) is 14.8. The molecule has 1 aromatic heterocycles. The van der Waals surface area contributed by atoms with Crippen molar-refractivity contribution < 1.29 is 9.59 Å². The van der Waals surface area contributed by atoms with E-state index in [0.717, 1.165) is 40.6 Å². The highest BCUT2D eigenvalue weighted by atomic mass is 16.2. The minimum Gasteiger partial charge on any atom is -0.321 e. The number of fused-ring (bicyclic) bond motifs is 1. The lowest BCUT2D eigenvalue weighted by atomic mass is 10.0. The van der Waals surface area contributed by atoms with Crippen LogP contribution >= 0.6 is 0 Å². The van der Waals surface area contributed by atoms with Gasteiger partial charge in [0.15, 0.2) is 0 Å². The van der Waals surface area contributed by atoms with Gasteiger partial charge in [0.2, 0.25) is 5.91 Å². The molecule has 0 spiro atoms. The summed E-state index contributed by atoms with van der Waals surface area (Å²) in [6.45, 7) is 5.65. The molecule has 1 N–H and O–H groups in total. The molecule has 1 heterocycles. The van der Waals surface area contributed by atoms with Crippen LogP contribution in [-0.4, -0.2) is 16.4 Å². The van der Waals surface area contributed by atoms with E-state index < -0.39 is 0 Å². The zero-order chi connectivity index (χ0) is 18.0. The number of para-hydroxylation sites is 2. The molecule has 0 unspecified atom stereocenters. The predicted octanol–water partition coefficient (Wildman–Crippen LogP) is 4.68. The minimum atomic E-state index is -0.188. The SMILES string of the molecule is CCc1cccc(CC)c1NC(=O)c1cn(C(C)=O)c2ccccc12. The summed E-state index contributed by atoms with van der Waals surface area (Å²) in [5.41, 5.74) is 4.38. The van der Waals surface area contributed by atoms with E-state index in [2.05, 4.69) is 19.2 Å². The van der Waals surface area contributed by atoms with Gasteiger partial charge in [-0.1, -0.05) is 50.2 Å². The van der Waals surface area contributed by atoms with Crippen molar-refractivity contribution in [3.63, 3.8) is 0 Å². The van der Waals surface area contributed by atoms with Gasteiger partial charge in [-0.3, -0.25) is 14.2 Å². The number of nitrogens with zero attached hydrogens (tertiary/aromatic N) is 1. The molecule has 1 amide bonds. The molecular formula is C21H22N2O2. The lowest BCUT2D eigenvalue weighted by molar-refractivity contribution is 0.0941. The number of rotatable bonds is 4. The first-order valence-electron chi connectivity index (χ1n) is 8.60. The highest BCUT2D eigenvalue weighted by Crippen LogP contribution is 2.26. The monoisotopic (exact) mass is 334 g/mol. The molecule has 0 saturated heterocycles. The highest BCUT2D eigenvalue weighted by Gasteiger charge is 2.18. The van der Waals surface area contributed by atoms with Crippen LogP contribution in [0, 0.1) is 0 Å². The minimum absolute atomic E-state index is 0.113. The Morgan fingerprint density at radius 1 is 0.960 bits per heavy atom. The van der Waals surface area contributed by atoms with Crippen LogP contribution in [-0.2, 0) is 12.8 Å². The normalized spacial score (nSPS) is 10.8. The number of amides is 1. The molecular weight excluding hydrogens is 312 g/mol. The number of nitrogens with one attached hydrogen (secondary N) is 1. The van der Waals surface area contributed by atoms with Crippen molar-refractivity contribution in [1.29, 1.82) is 0 Å². The molecule has 0 radical (unpaired) electrons. The van der Waals surface area contributed by atoms with Crippen molar-refractivity contribution in [2.24, 2.45) is 0 Å². The smallest absolute Gasteiger partial charge is 0.257 e. The van der Waals surface area contributed by atoms with Gasteiger partial charge in [-0.2, -0.15) is 0 Å². The summed E-state index contributed by atoms with van der Waals surface area (Å²) in [5.74, 6) is -0.301. The van der Waals surface area contributed by atoms with Gasteiger partial charge in [0.05, 0.1) is 11.1 Å². The van der Waals surface area contributed by atoms with Crippen LogP contribution in [0.1, 0.15) is 47.1 Å². The average molecular weight is 334 g/mol. The second kappa shape index (κ2) is 6.93.